The summed E-state index contributed by atoms with van der Waals surface area (Å²) in [7, 11) is 1.44. The van der Waals surface area contributed by atoms with Crippen molar-refractivity contribution in [1.29, 1.82) is 0 Å². The third kappa shape index (κ3) is 41.1. The molecule has 0 aromatic carbocycles. The number of rotatable bonds is 38. The van der Waals surface area contributed by atoms with Crippen LogP contribution in [0.5, 0.6) is 0 Å². The van der Waals surface area contributed by atoms with Crippen LogP contribution in [0.15, 0.2) is 72.9 Å². The topological polar surface area (TPSA) is 108 Å². The van der Waals surface area contributed by atoms with Crippen molar-refractivity contribution in [3.8, 4) is 0 Å². The number of quaternary nitrogens is 1. The summed E-state index contributed by atoms with van der Waals surface area (Å²) < 4.78 is 34.2. The molecule has 56 heavy (non-hydrogen) atoms. The minimum Gasteiger partial charge on any atom is -0.462 e. The molecule has 0 rings (SSSR count). The Labute approximate surface area is 342 Å². The van der Waals surface area contributed by atoms with Gasteiger partial charge >= 0.3 is 19.8 Å². The van der Waals surface area contributed by atoms with Gasteiger partial charge in [0, 0.05) is 12.8 Å². The van der Waals surface area contributed by atoms with Crippen molar-refractivity contribution in [3.05, 3.63) is 72.9 Å². The Kier molecular flexibility index (Phi) is 36.3. The van der Waals surface area contributed by atoms with Crippen molar-refractivity contribution in [3.63, 3.8) is 0 Å². The van der Waals surface area contributed by atoms with Crippen molar-refractivity contribution < 1.29 is 42.1 Å². The van der Waals surface area contributed by atoms with E-state index >= 15 is 0 Å². The van der Waals surface area contributed by atoms with Crippen LogP contribution in [0.3, 0.4) is 0 Å². The van der Waals surface area contributed by atoms with E-state index in [1.807, 2.05) is 21.1 Å². The van der Waals surface area contributed by atoms with Gasteiger partial charge in [-0.25, -0.2) is 4.57 Å². The molecule has 0 amide bonds. The normalized spacial score (nSPS) is 14.3. The number of hydrogen-bond donors (Lipinski definition) is 1. The van der Waals surface area contributed by atoms with Crippen LogP contribution >= 0.6 is 7.82 Å². The summed E-state index contributed by atoms with van der Waals surface area (Å²) in [5.74, 6) is -0.851. The molecule has 0 aliphatic heterocycles. The second-order valence-corrected chi connectivity index (χ2v) is 16.8. The van der Waals surface area contributed by atoms with Crippen molar-refractivity contribution in [1.82, 2.24) is 0 Å². The van der Waals surface area contributed by atoms with E-state index in [0.717, 1.165) is 89.9 Å². The smallest absolute Gasteiger partial charge is 0.462 e. The minimum absolute atomic E-state index is 0.0204. The van der Waals surface area contributed by atoms with Crippen LogP contribution in [0.25, 0.3) is 0 Å². The highest BCUT2D eigenvalue weighted by Gasteiger charge is 2.27. The Balaban J connectivity index is 4.45. The molecule has 1 N–H and O–H groups in total. The first-order chi connectivity index (χ1) is 27.0. The van der Waals surface area contributed by atoms with Crippen LogP contribution in [-0.2, 0) is 32.7 Å². The lowest BCUT2D eigenvalue weighted by Gasteiger charge is -2.24. The Hall–Kier alpha value is -2.55. The quantitative estimate of drug-likeness (QED) is 0.0216. The molecule has 0 heterocycles. The fourth-order valence-corrected chi connectivity index (χ4v) is 6.07. The third-order valence-corrected chi connectivity index (χ3v) is 9.70. The summed E-state index contributed by atoms with van der Waals surface area (Å²) in [4.78, 5) is 35.3. The van der Waals surface area contributed by atoms with E-state index in [-0.39, 0.29) is 26.1 Å². The molecular weight excluding hydrogens is 725 g/mol. The van der Waals surface area contributed by atoms with E-state index in [2.05, 4.69) is 86.8 Å². The molecule has 10 heteroatoms. The van der Waals surface area contributed by atoms with E-state index in [9.17, 15) is 19.0 Å². The molecule has 0 spiro atoms. The largest absolute Gasteiger partial charge is 0.472 e. The molecule has 9 nitrogen and oxygen atoms in total. The average molecular weight is 807 g/mol. The number of likely N-dealkylation sites (N-methyl/N-ethyl adjacent to an activating group) is 1. The molecule has 0 aromatic heterocycles. The van der Waals surface area contributed by atoms with Gasteiger partial charge in [-0.2, -0.15) is 0 Å². The maximum atomic E-state index is 12.7. The van der Waals surface area contributed by atoms with E-state index in [0.29, 0.717) is 23.9 Å². The zero-order chi connectivity index (χ0) is 41.4. The number of ether oxygens (including phenoxy) is 2. The second kappa shape index (κ2) is 38.0. The summed E-state index contributed by atoms with van der Waals surface area (Å²) in [6.45, 7) is 4.21. The van der Waals surface area contributed by atoms with Crippen LogP contribution in [0, 0.1) is 0 Å². The number of unbranched alkanes of at least 4 members (excludes halogenated alkanes) is 12. The number of carbonyl (C=O) groups excluding carboxylic acids is 2. The highest BCUT2D eigenvalue weighted by molar-refractivity contribution is 7.47. The van der Waals surface area contributed by atoms with Gasteiger partial charge in [0.25, 0.3) is 0 Å². The Morgan fingerprint density at radius 1 is 0.571 bits per heavy atom. The van der Waals surface area contributed by atoms with Crippen LogP contribution in [0.1, 0.15) is 155 Å². The number of phosphoric ester groups is 1. The second-order valence-electron chi connectivity index (χ2n) is 15.3. The highest BCUT2D eigenvalue weighted by Crippen LogP contribution is 2.43. The Bertz CT molecular complexity index is 1180. The van der Waals surface area contributed by atoms with Gasteiger partial charge in [-0.05, 0) is 83.5 Å². The van der Waals surface area contributed by atoms with Gasteiger partial charge in [-0.15, -0.1) is 0 Å². The molecule has 0 fully saturated rings. The summed E-state index contributed by atoms with van der Waals surface area (Å²) in [5, 5.41) is 0. The predicted molar refractivity (Wildman–Crippen MR) is 233 cm³/mol. The molecule has 322 valence electrons. The lowest BCUT2D eigenvalue weighted by atomic mass is 10.1. The number of carbonyl (C=O) groups is 2. The van der Waals surface area contributed by atoms with Gasteiger partial charge in [0.1, 0.15) is 19.8 Å². The minimum atomic E-state index is -4.39. The van der Waals surface area contributed by atoms with E-state index in [4.69, 9.17) is 18.5 Å². The number of esters is 2. The van der Waals surface area contributed by atoms with Crippen LogP contribution in [0.2, 0.25) is 0 Å². The van der Waals surface area contributed by atoms with Crippen LogP contribution in [0.4, 0.5) is 0 Å². The number of nitrogens with zero attached hydrogens (tertiary/aromatic N) is 1. The fourth-order valence-electron chi connectivity index (χ4n) is 5.33. The van der Waals surface area contributed by atoms with E-state index in [1.54, 1.807) is 0 Å². The zero-order valence-corrected chi connectivity index (χ0v) is 37.0. The van der Waals surface area contributed by atoms with Gasteiger partial charge in [-0.3, -0.25) is 18.6 Å². The van der Waals surface area contributed by atoms with Crippen molar-refractivity contribution in [2.24, 2.45) is 0 Å². The van der Waals surface area contributed by atoms with Gasteiger partial charge in [0.15, 0.2) is 6.10 Å². The maximum Gasteiger partial charge on any atom is 0.472 e. The summed E-state index contributed by atoms with van der Waals surface area (Å²) in [6.07, 6.45) is 46.6. The van der Waals surface area contributed by atoms with Crippen molar-refractivity contribution >= 4 is 19.8 Å². The fraction of sp³-hybridized carbons (Fsp3) is 0.696. The monoisotopic (exact) mass is 807 g/mol. The Morgan fingerprint density at radius 3 is 1.52 bits per heavy atom. The standard InChI is InChI=1S/C46H80NO8P/c1-6-8-10-12-14-16-18-20-22-23-25-26-28-30-32-34-36-38-45(48)52-42-44(43-54-56(50,51)53-41-40-47(3,4)5)55-46(49)39-37-35-33-31-29-27-24-21-19-17-15-13-11-9-7-2/h9,11,14-17,20-22,24-26,44H,6-8,10,12-13,18-19,23,27-43H2,1-5H3/p+1/b11-9+,16-14+,17-15+,22-20+,24-21+,26-25+/t44-/m1/s1. The molecule has 0 aromatic rings. The predicted octanol–water partition coefficient (Wildman–Crippen LogP) is 12.2. The molecule has 0 aliphatic rings. The first-order valence-corrected chi connectivity index (χ1v) is 23.2. The molecule has 0 saturated heterocycles. The molecule has 2 atom stereocenters. The first-order valence-electron chi connectivity index (χ1n) is 21.7. The molecule has 0 radical (unpaired) electrons. The molecule has 1 unspecified atom stereocenters. The van der Waals surface area contributed by atoms with Gasteiger partial charge < -0.3 is 18.9 Å². The molecule has 0 saturated carbocycles. The van der Waals surface area contributed by atoms with Crippen molar-refractivity contribution in [2.45, 2.75) is 161 Å². The van der Waals surface area contributed by atoms with E-state index in [1.165, 1.54) is 25.7 Å². The maximum absolute atomic E-state index is 12.7. The highest BCUT2D eigenvalue weighted by atomic mass is 31.2. The number of phosphoric acid groups is 1. The summed E-state index contributed by atoms with van der Waals surface area (Å²) in [5.41, 5.74) is 0. The molecule has 0 aliphatic carbocycles. The van der Waals surface area contributed by atoms with Crippen molar-refractivity contribution in [2.75, 3.05) is 47.5 Å². The Morgan fingerprint density at radius 2 is 1.02 bits per heavy atom. The SMILES string of the molecule is CC/C=C/C/C=C/C/C=C/CCCCCCCC(=O)O[C@H](COC(=O)CCCCCC/C=C/C/C=C/C/C=C/CCCCC)COP(=O)(O)OCC[N+](C)(C)C. The summed E-state index contributed by atoms with van der Waals surface area (Å²) >= 11 is 0. The lowest BCUT2D eigenvalue weighted by molar-refractivity contribution is -0.870. The first kappa shape index (κ1) is 53.5. The van der Waals surface area contributed by atoms with Crippen LogP contribution < -0.4 is 0 Å². The van der Waals surface area contributed by atoms with E-state index < -0.39 is 32.5 Å². The summed E-state index contributed by atoms with van der Waals surface area (Å²) in [6, 6.07) is 0. The lowest BCUT2D eigenvalue weighted by Crippen LogP contribution is -2.37. The molecule has 0 bridgehead atoms. The average Bonchev–Trinajstić information content (AvgIpc) is 3.15. The number of hydrogen-bond acceptors (Lipinski definition) is 7. The third-order valence-electron chi connectivity index (χ3n) is 8.72. The molecular formula is C46H81NO8P+. The number of allylic oxidation sites excluding steroid dienone is 12. The van der Waals surface area contributed by atoms with Gasteiger partial charge in [-0.1, -0.05) is 132 Å². The zero-order valence-electron chi connectivity index (χ0n) is 36.1. The van der Waals surface area contributed by atoms with Crippen LogP contribution in [-0.4, -0.2) is 74.9 Å². The van der Waals surface area contributed by atoms with Gasteiger partial charge in [0.05, 0.1) is 27.7 Å². The van der Waals surface area contributed by atoms with Gasteiger partial charge in [0.2, 0.25) is 0 Å².